The maximum absolute atomic E-state index is 6.05. The molecule has 0 amide bonds. The summed E-state index contributed by atoms with van der Waals surface area (Å²) in [6.45, 7) is 4.70. The van der Waals surface area contributed by atoms with E-state index in [9.17, 15) is 0 Å². The fourth-order valence-electron chi connectivity index (χ4n) is 2.47. The van der Waals surface area contributed by atoms with E-state index >= 15 is 0 Å². The molecule has 1 fully saturated rings. The van der Waals surface area contributed by atoms with Crippen molar-refractivity contribution in [1.29, 1.82) is 0 Å². The third kappa shape index (κ3) is 3.38. The summed E-state index contributed by atoms with van der Waals surface area (Å²) >= 11 is 9.61. The Bertz CT molecular complexity index is 380. The smallest absolute Gasteiger partial charge is 0.0410 e. The number of rotatable bonds is 2. The molecule has 0 aromatic heterocycles. The molecule has 1 aliphatic heterocycles. The molecular formula is C14H19BrClN. The summed E-state index contributed by atoms with van der Waals surface area (Å²) in [5.41, 5.74) is 2.65. The standard InChI is InChI=1S/C14H19BrClN/c1-11-3-2-7-17(8-6-11)14-5-4-13(16)9-12(14)10-15/h4-5,9,11H,2-3,6-8,10H2,1H3. The molecule has 1 saturated heterocycles. The summed E-state index contributed by atoms with van der Waals surface area (Å²) in [6.07, 6.45) is 3.95. The monoisotopic (exact) mass is 315 g/mol. The molecule has 0 bridgehead atoms. The second-order valence-corrected chi connectivity index (χ2v) is 5.93. The molecule has 94 valence electrons. The van der Waals surface area contributed by atoms with Crippen molar-refractivity contribution in [1.82, 2.24) is 0 Å². The van der Waals surface area contributed by atoms with Crippen molar-refractivity contribution < 1.29 is 0 Å². The fraction of sp³-hybridized carbons (Fsp3) is 0.571. The zero-order valence-electron chi connectivity index (χ0n) is 10.3. The Morgan fingerprint density at radius 1 is 1.35 bits per heavy atom. The summed E-state index contributed by atoms with van der Waals surface area (Å²) in [5, 5.41) is 1.70. The summed E-state index contributed by atoms with van der Waals surface area (Å²) in [6, 6.07) is 6.23. The van der Waals surface area contributed by atoms with Crippen LogP contribution in [-0.2, 0) is 5.33 Å². The van der Waals surface area contributed by atoms with Gasteiger partial charge >= 0.3 is 0 Å². The van der Waals surface area contributed by atoms with Crippen LogP contribution in [-0.4, -0.2) is 13.1 Å². The quantitative estimate of drug-likeness (QED) is 0.704. The highest BCUT2D eigenvalue weighted by Gasteiger charge is 2.16. The second-order valence-electron chi connectivity index (χ2n) is 4.93. The fourth-order valence-corrected chi connectivity index (χ4v) is 3.12. The van der Waals surface area contributed by atoms with Gasteiger partial charge in [0.15, 0.2) is 0 Å². The van der Waals surface area contributed by atoms with Gasteiger partial charge in [0.25, 0.3) is 0 Å². The topological polar surface area (TPSA) is 3.24 Å². The molecular weight excluding hydrogens is 298 g/mol. The maximum Gasteiger partial charge on any atom is 0.0410 e. The van der Waals surface area contributed by atoms with Crippen molar-refractivity contribution in [3.63, 3.8) is 0 Å². The Kier molecular flexibility index (Phi) is 4.75. The first-order chi connectivity index (χ1) is 8.20. The highest BCUT2D eigenvalue weighted by Crippen LogP contribution is 2.29. The number of anilines is 1. The molecule has 0 spiro atoms. The Hall–Kier alpha value is -0.210. The van der Waals surface area contributed by atoms with Gasteiger partial charge in [-0.3, -0.25) is 0 Å². The molecule has 1 nitrogen and oxygen atoms in total. The van der Waals surface area contributed by atoms with Crippen LogP contribution in [0, 0.1) is 5.92 Å². The third-order valence-corrected chi connectivity index (χ3v) is 4.38. The van der Waals surface area contributed by atoms with E-state index in [1.165, 1.54) is 43.6 Å². The van der Waals surface area contributed by atoms with Crippen LogP contribution in [0.4, 0.5) is 5.69 Å². The molecule has 1 atom stereocenters. The first-order valence-corrected chi connectivity index (χ1v) is 7.80. The number of hydrogen-bond acceptors (Lipinski definition) is 1. The summed E-state index contributed by atoms with van der Waals surface area (Å²) < 4.78 is 0. The van der Waals surface area contributed by atoms with Crippen molar-refractivity contribution in [2.45, 2.75) is 31.5 Å². The molecule has 1 unspecified atom stereocenters. The van der Waals surface area contributed by atoms with Gasteiger partial charge in [-0.1, -0.05) is 34.5 Å². The van der Waals surface area contributed by atoms with Gasteiger partial charge in [-0.25, -0.2) is 0 Å². The Morgan fingerprint density at radius 2 is 2.18 bits per heavy atom. The lowest BCUT2D eigenvalue weighted by atomic mass is 10.0. The predicted molar refractivity (Wildman–Crippen MR) is 79.3 cm³/mol. The van der Waals surface area contributed by atoms with E-state index in [1.807, 2.05) is 6.07 Å². The molecule has 0 N–H and O–H groups in total. The minimum absolute atomic E-state index is 0.825. The van der Waals surface area contributed by atoms with Crippen LogP contribution in [0.3, 0.4) is 0 Å². The minimum atomic E-state index is 0.825. The average molecular weight is 317 g/mol. The largest absolute Gasteiger partial charge is 0.371 e. The van der Waals surface area contributed by atoms with E-state index in [4.69, 9.17) is 11.6 Å². The van der Waals surface area contributed by atoms with Gasteiger partial charge in [0.1, 0.15) is 0 Å². The highest BCUT2D eigenvalue weighted by molar-refractivity contribution is 9.08. The molecule has 2 rings (SSSR count). The number of alkyl halides is 1. The van der Waals surface area contributed by atoms with Crippen LogP contribution in [0.25, 0.3) is 0 Å². The Balaban J connectivity index is 2.20. The van der Waals surface area contributed by atoms with Crippen molar-refractivity contribution in [3.8, 4) is 0 Å². The predicted octanol–water partition coefficient (Wildman–Crippen LogP) is 4.86. The van der Waals surface area contributed by atoms with Crippen molar-refractivity contribution in [3.05, 3.63) is 28.8 Å². The van der Waals surface area contributed by atoms with Gasteiger partial charge in [0.2, 0.25) is 0 Å². The van der Waals surface area contributed by atoms with E-state index < -0.39 is 0 Å². The maximum atomic E-state index is 6.05. The van der Waals surface area contributed by atoms with Gasteiger partial charge in [-0.2, -0.15) is 0 Å². The zero-order chi connectivity index (χ0) is 12.3. The van der Waals surface area contributed by atoms with Gasteiger partial charge < -0.3 is 4.90 Å². The van der Waals surface area contributed by atoms with Crippen molar-refractivity contribution in [2.24, 2.45) is 5.92 Å². The molecule has 0 radical (unpaired) electrons. The second kappa shape index (κ2) is 6.10. The van der Waals surface area contributed by atoms with Gasteiger partial charge in [0.05, 0.1) is 0 Å². The van der Waals surface area contributed by atoms with E-state index in [1.54, 1.807) is 0 Å². The molecule has 1 aliphatic rings. The number of halogens is 2. The molecule has 1 aromatic carbocycles. The summed E-state index contributed by atoms with van der Waals surface area (Å²) in [4.78, 5) is 2.51. The first-order valence-electron chi connectivity index (χ1n) is 6.30. The van der Waals surface area contributed by atoms with Crippen LogP contribution in [0.5, 0.6) is 0 Å². The molecule has 3 heteroatoms. The van der Waals surface area contributed by atoms with E-state index in [-0.39, 0.29) is 0 Å². The van der Waals surface area contributed by atoms with Crippen LogP contribution >= 0.6 is 27.5 Å². The first kappa shape index (κ1) is 13.2. The molecule has 0 aliphatic carbocycles. The molecule has 17 heavy (non-hydrogen) atoms. The lowest BCUT2D eigenvalue weighted by Crippen LogP contribution is -2.25. The summed E-state index contributed by atoms with van der Waals surface area (Å²) in [7, 11) is 0. The van der Waals surface area contributed by atoms with Crippen molar-refractivity contribution in [2.75, 3.05) is 18.0 Å². The number of nitrogens with zero attached hydrogens (tertiary/aromatic N) is 1. The van der Waals surface area contributed by atoms with E-state index in [0.29, 0.717) is 0 Å². The number of benzene rings is 1. The van der Waals surface area contributed by atoms with Gasteiger partial charge in [-0.05, 0) is 48.9 Å². The van der Waals surface area contributed by atoms with Gasteiger partial charge in [0, 0.05) is 29.1 Å². The third-order valence-electron chi connectivity index (χ3n) is 3.54. The molecule has 1 aromatic rings. The van der Waals surface area contributed by atoms with Crippen LogP contribution in [0.2, 0.25) is 5.02 Å². The summed E-state index contributed by atoms with van der Waals surface area (Å²) in [5.74, 6) is 0.861. The average Bonchev–Trinajstić information content (AvgIpc) is 2.54. The lowest BCUT2D eigenvalue weighted by Gasteiger charge is -2.25. The molecule has 0 saturated carbocycles. The Morgan fingerprint density at radius 3 is 2.94 bits per heavy atom. The Labute approximate surface area is 117 Å². The number of hydrogen-bond donors (Lipinski definition) is 0. The minimum Gasteiger partial charge on any atom is -0.371 e. The zero-order valence-corrected chi connectivity index (χ0v) is 12.6. The van der Waals surface area contributed by atoms with E-state index in [2.05, 4.69) is 39.9 Å². The molecule has 1 heterocycles. The lowest BCUT2D eigenvalue weighted by molar-refractivity contribution is 0.521. The van der Waals surface area contributed by atoms with Crippen LogP contribution < -0.4 is 4.90 Å². The SMILES string of the molecule is CC1CCCN(c2ccc(Cl)cc2CBr)CC1. The van der Waals surface area contributed by atoms with E-state index in [0.717, 1.165) is 16.3 Å². The highest BCUT2D eigenvalue weighted by atomic mass is 79.9. The van der Waals surface area contributed by atoms with Crippen molar-refractivity contribution >= 4 is 33.2 Å². The normalized spacial score (nSPS) is 21.4. The van der Waals surface area contributed by atoms with Crippen LogP contribution in [0.15, 0.2) is 18.2 Å². The van der Waals surface area contributed by atoms with Gasteiger partial charge in [-0.15, -0.1) is 0 Å². The van der Waals surface area contributed by atoms with Crippen LogP contribution in [0.1, 0.15) is 31.7 Å².